The van der Waals surface area contributed by atoms with E-state index in [1.165, 1.54) is 0 Å². The fourth-order valence-electron chi connectivity index (χ4n) is 1.14. The summed E-state index contributed by atoms with van der Waals surface area (Å²) < 4.78 is 0. The van der Waals surface area contributed by atoms with Gasteiger partial charge in [0.2, 0.25) is 0 Å². The number of aromatic hydroxyl groups is 1. The first-order chi connectivity index (χ1) is 6.47. The Morgan fingerprint density at radius 3 is 2.36 bits per heavy atom. The van der Waals surface area contributed by atoms with Gasteiger partial charge in [0.1, 0.15) is 11.5 Å². The molecule has 78 valence electrons. The molecule has 4 heteroatoms. The average Bonchev–Trinajstić information content (AvgIpc) is 2.06. The third-order valence-corrected chi connectivity index (χ3v) is 1.86. The Morgan fingerprint density at radius 1 is 1.29 bits per heavy atom. The first kappa shape index (κ1) is 11.0. The number of hydrogen-bond donors (Lipinski definition) is 4. The molecule has 1 rings (SSSR count). The quantitative estimate of drug-likeness (QED) is 0.514. The van der Waals surface area contributed by atoms with Crippen molar-refractivity contribution < 1.29 is 5.11 Å². The average molecular weight is 195 g/mol. The molecule has 0 bridgehead atoms. The molecular formula is C10H17N3O. The van der Waals surface area contributed by atoms with Gasteiger partial charge in [-0.05, 0) is 31.0 Å². The Balaban J connectivity index is 2.35. The summed E-state index contributed by atoms with van der Waals surface area (Å²) in [6.45, 7) is 2.43. The summed E-state index contributed by atoms with van der Waals surface area (Å²) in [5.74, 6) is -0.541. The largest absolute Gasteiger partial charge is 0.508 e. The van der Waals surface area contributed by atoms with E-state index < -0.39 is 5.79 Å². The predicted molar refractivity (Wildman–Crippen MR) is 56.6 cm³/mol. The molecule has 6 N–H and O–H groups in total. The van der Waals surface area contributed by atoms with Gasteiger partial charge in [-0.2, -0.15) is 0 Å². The normalized spacial score (nSPS) is 11.6. The molecule has 0 saturated carbocycles. The molecule has 0 amide bonds. The smallest absolute Gasteiger partial charge is 0.115 e. The maximum Gasteiger partial charge on any atom is 0.115 e. The molecule has 0 saturated heterocycles. The second kappa shape index (κ2) is 4.41. The van der Waals surface area contributed by atoms with E-state index in [-0.39, 0.29) is 5.75 Å². The van der Waals surface area contributed by atoms with E-state index in [1.807, 2.05) is 12.1 Å². The predicted octanol–water partition coefficient (Wildman–Crippen LogP) is 0.115. The monoisotopic (exact) mass is 195 g/mol. The number of nitrogens with one attached hydrogen (secondary N) is 1. The number of phenols is 1. The van der Waals surface area contributed by atoms with Crippen LogP contribution in [0.1, 0.15) is 12.5 Å². The van der Waals surface area contributed by atoms with Crippen molar-refractivity contribution in [3.63, 3.8) is 0 Å². The van der Waals surface area contributed by atoms with Crippen molar-refractivity contribution in [2.75, 3.05) is 6.54 Å². The molecule has 0 aromatic heterocycles. The van der Waals surface area contributed by atoms with Gasteiger partial charge in [0.25, 0.3) is 0 Å². The molecule has 0 aliphatic carbocycles. The lowest BCUT2D eigenvalue weighted by atomic mass is 10.1. The SMILES string of the molecule is CC(N)(N)NCCc1ccc(O)cc1. The van der Waals surface area contributed by atoms with Crippen molar-refractivity contribution in [3.05, 3.63) is 29.8 Å². The number of phenolic OH excluding ortho intramolecular Hbond substituents is 1. The van der Waals surface area contributed by atoms with E-state index in [2.05, 4.69) is 5.32 Å². The lowest BCUT2D eigenvalue weighted by Gasteiger charge is -2.20. The Kier molecular flexibility index (Phi) is 3.46. The van der Waals surface area contributed by atoms with Crippen molar-refractivity contribution >= 4 is 0 Å². The van der Waals surface area contributed by atoms with Crippen molar-refractivity contribution in [1.82, 2.24) is 5.32 Å². The zero-order chi connectivity index (χ0) is 10.6. The summed E-state index contributed by atoms with van der Waals surface area (Å²) in [5.41, 5.74) is 12.2. The van der Waals surface area contributed by atoms with Gasteiger partial charge < -0.3 is 16.6 Å². The fourth-order valence-corrected chi connectivity index (χ4v) is 1.14. The van der Waals surface area contributed by atoms with Gasteiger partial charge in [-0.3, -0.25) is 5.32 Å². The number of rotatable bonds is 4. The van der Waals surface area contributed by atoms with Crippen LogP contribution in [-0.2, 0) is 6.42 Å². The first-order valence-corrected chi connectivity index (χ1v) is 4.58. The lowest BCUT2D eigenvalue weighted by molar-refractivity contribution is 0.384. The zero-order valence-electron chi connectivity index (χ0n) is 8.33. The highest BCUT2D eigenvalue weighted by atomic mass is 16.3. The van der Waals surface area contributed by atoms with Gasteiger partial charge >= 0.3 is 0 Å². The van der Waals surface area contributed by atoms with E-state index in [0.717, 1.165) is 12.0 Å². The lowest BCUT2D eigenvalue weighted by Crippen LogP contribution is -2.59. The molecule has 0 heterocycles. The highest BCUT2D eigenvalue weighted by Crippen LogP contribution is 2.09. The van der Waals surface area contributed by atoms with E-state index in [4.69, 9.17) is 16.6 Å². The highest BCUT2D eigenvalue weighted by molar-refractivity contribution is 5.25. The Hall–Kier alpha value is -1.10. The van der Waals surface area contributed by atoms with Gasteiger partial charge in [-0.1, -0.05) is 12.1 Å². The summed E-state index contributed by atoms with van der Waals surface area (Å²) in [7, 11) is 0. The maximum absolute atomic E-state index is 9.06. The minimum Gasteiger partial charge on any atom is -0.508 e. The second-order valence-corrected chi connectivity index (χ2v) is 3.63. The molecule has 0 unspecified atom stereocenters. The van der Waals surface area contributed by atoms with Crippen molar-refractivity contribution in [3.8, 4) is 5.75 Å². The van der Waals surface area contributed by atoms with Crippen LogP contribution in [0.25, 0.3) is 0 Å². The van der Waals surface area contributed by atoms with Gasteiger partial charge in [-0.25, -0.2) is 0 Å². The van der Waals surface area contributed by atoms with E-state index in [1.54, 1.807) is 19.1 Å². The third-order valence-electron chi connectivity index (χ3n) is 1.86. The topological polar surface area (TPSA) is 84.3 Å². The highest BCUT2D eigenvalue weighted by Gasteiger charge is 2.07. The van der Waals surface area contributed by atoms with Crippen LogP contribution in [0.5, 0.6) is 5.75 Å². The van der Waals surface area contributed by atoms with Crippen LogP contribution < -0.4 is 16.8 Å². The Bertz CT molecular complexity index is 276. The number of hydrogen-bond acceptors (Lipinski definition) is 4. The standard InChI is InChI=1S/C10H17N3O/c1-10(11,12)13-7-6-8-2-4-9(14)5-3-8/h2-5,13-14H,6-7,11-12H2,1H3. The fraction of sp³-hybridized carbons (Fsp3) is 0.400. The van der Waals surface area contributed by atoms with Crippen LogP contribution in [0.2, 0.25) is 0 Å². The summed E-state index contributed by atoms with van der Waals surface area (Å²) in [5, 5.41) is 12.0. The Morgan fingerprint density at radius 2 is 1.86 bits per heavy atom. The van der Waals surface area contributed by atoms with Crippen molar-refractivity contribution in [1.29, 1.82) is 0 Å². The maximum atomic E-state index is 9.06. The summed E-state index contributed by atoms with van der Waals surface area (Å²) in [4.78, 5) is 0. The third kappa shape index (κ3) is 4.23. The van der Waals surface area contributed by atoms with Gasteiger partial charge in [0, 0.05) is 6.54 Å². The van der Waals surface area contributed by atoms with Crippen LogP contribution in [0.3, 0.4) is 0 Å². The van der Waals surface area contributed by atoms with Gasteiger partial charge in [0.15, 0.2) is 0 Å². The molecule has 0 atom stereocenters. The van der Waals surface area contributed by atoms with Crippen LogP contribution in [0, 0.1) is 0 Å². The van der Waals surface area contributed by atoms with Crippen LogP contribution in [0.4, 0.5) is 0 Å². The van der Waals surface area contributed by atoms with Gasteiger partial charge in [-0.15, -0.1) is 0 Å². The molecule has 4 nitrogen and oxygen atoms in total. The molecule has 0 fully saturated rings. The second-order valence-electron chi connectivity index (χ2n) is 3.63. The molecule has 0 spiro atoms. The van der Waals surface area contributed by atoms with E-state index in [9.17, 15) is 0 Å². The number of nitrogens with two attached hydrogens (primary N) is 2. The molecule has 1 aromatic carbocycles. The van der Waals surface area contributed by atoms with E-state index in [0.29, 0.717) is 6.54 Å². The zero-order valence-corrected chi connectivity index (χ0v) is 8.33. The molecule has 0 aliphatic rings. The molecule has 14 heavy (non-hydrogen) atoms. The van der Waals surface area contributed by atoms with Crippen LogP contribution >= 0.6 is 0 Å². The first-order valence-electron chi connectivity index (χ1n) is 4.58. The molecule has 1 aromatic rings. The van der Waals surface area contributed by atoms with Crippen LogP contribution in [0.15, 0.2) is 24.3 Å². The van der Waals surface area contributed by atoms with E-state index >= 15 is 0 Å². The molecule has 0 aliphatic heterocycles. The van der Waals surface area contributed by atoms with Crippen LogP contribution in [-0.4, -0.2) is 17.4 Å². The van der Waals surface area contributed by atoms with Gasteiger partial charge in [0.05, 0.1) is 0 Å². The molecule has 0 radical (unpaired) electrons. The molecular weight excluding hydrogens is 178 g/mol. The van der Waals surface area contributed by atoms with Crippen molar-refractivity contribution in [2.24, 2.45) is 11.5 Å². The summed E-state index contributed by atoms with van der Waals surface area (Å²) >= 11 is 0. The van der Waals surface area contributed by atoms with Crippen molar-refractivity contribution in [2.45, 2.75) is 19.1 Å². The summed E-state index contributed by atoms with van der Waals surface area (Å²) in [6.07, 6.45) is 0.838. The summed E-state index contributed by atoms with van der Waals surface area (Å²) in [6, 6.07) is 7.08. The Labute approximate surface area is 83.9 Å². The number of benzene rings is 1. The minimum absolute atomic E-state index is 0.282. The minimum atomic E-state index is -0.823.